The summed E-state index contributed by atoms with van der Waals surface area (Å²) in [4.78, 5) is 21.2. The molecule has 6 heteroatoms. The van der Waals surface area contributed by atoms with Gasteiger partial charge in [0.15, 0.2) is 5.65 Å². The lowest BCUT2D eigenvalue weighted by Crippen LogP contribution is -2.26. The molecule has 0 aliphatic carbocycles. The molecule has 1 N–H and O–H groups in total. The number of benzene rings is 1. The fourth-order valence-corrected chi connectivity index (χ4v) is 2.74. The van der Waals surface area contributed by atoms with E-state index < -0.39 is 0 Å². The number of nitriles is 1. The third-order valence-electron chi connectivity index (χ3n) is 3.94. The van der Waals surface area contributed by atoms with Gasteiger partial charge in [-0.1, -0.05) is 6.92 Å². The van der Waals surface area contributed by atoms with Crippen LogP contribution in [0.25, 0.3) is 11.2 Å². The maximum absolute atomic E-state index is 12.2. The molecule has 126 valence electrons. The normalized spacial score (nSPS) is 10.6. The monoisotopic (exact) mass is 333 g/mol. The summed E-state index contributed by atoms with van der Waals surface area (Å²) in [5.41, 5.74) is 2.85. The summed E-state index contributed by atoms with van der Waals surface area (Å²) in [6, 6.07) is 12.5. The summed E-state index contributed by atoms with van der Waals surface area (Å²) in [5.74, 6) is 0.774. The topological polar surface area (TPSA) is 83.6 Å². The van der Waals surface area contributed by atoms with E-state index in [4.69, 9.17) is 5.26 Å². The zero-order chi connectivity index (χ0) is 17.6. The Hall–Kier alpha value is -3.20. The summed E-state index contributed by atoms with van der Waals surface area (Å²) in [5, 5.41) is 11.7. The highest BCUT2D eigenvalue weighted by Gasteiger charge is 2.11. The number of nitrogens with zero attached hydrogens (tertiary/aromatic N) is 4. The molecule has 2 aromatic heterocycles. The number of nitrogens with one attached hydrogen (secondary N) is 1. The number of imidazole rings is 1. The number of aromatic nitrogens is 3. The van der Waals surface area contributed by atoms with Crippen molar-refractivity contribution in [3.05, 3.63) is 59.5 Å². The van der Waals surface area contributed by atoms with Crippen molar-refractivity contribution in [3.63, 3.8) is 0 Å². The number of hydrogen-bond donors (Lipinski definition) is 1. The molecule has 6 nitrogen and oxygen atoms in total. The Morgan fingerprint density at radius 1 is 1.28 bits per heavy atom. The third kappa shape index (κ3) is 3.66. The van der Waals surface area contributed by atoms with Crippen LogP contribution in [0.5, 0.6) is 0 Å². The standard InChI is InChI=1S/C19H19N5O/c1-2-12-24-17(23-16-4-3-10-21-18(16)24)9-11-22-19(25)15-7-5-14(13-20)6-8-15/h3-8,10H,2,9,11-12H2,1H3,(H,22,25). The predicted molar refractivity (Wildman–Crippen MR) is 95.0 cm³/mol. The Bertz CT molecular complexity index is 921. The zero-order valence-electron chi connectivity index (χ0n) is 14.1. The van der Waals surface area contributed by atoms with E-state index in [1.165, 1.54) is 0 Å². The molecule has 3 rings (SSSR count). The molecule has 0 spiro atoms. The van der Waals surface area contributed by atoms with Crippen LogP contribution in [0, 0.1) is 11.3 Å². The van der Waals surface area contributed by atoms with Gasteiger partial charge in [0.05, 0.1) is 11.6 Å². The van der Waals surface area contributed by atoms with Gasteiger partial charge < -0.3 is 9.88 Å². The number of fused-ring (bicyclic) bond motifs is 1. The van der Waals surface area contributed by atoms with E-state index in [2.05, 4.69) is 26.8 Å². The molecule has 0 aliphatic heterocycles. The van der Waals surface area contributed by atoms with Crippen LogP contribution in [0.3, 0.4) is 0 Å². The SMILES string of the molecule is CCCn1c(CCNC(=O)c2ccc(C#N)cc2)nc2cccnc21. The van der Waals surface area contributed by atoms with Crippen molar-refractivity contribution in [1.82, 2.24) is 19.9 Å². The van der Waals surface area contributed by atoms with Crippen molar-refractivity contribution in [1.29, 1.82) is 5.26 Å². The van der Waals surface area contributed by atoms with E-state index in [-0.39, 0.29) is 5.91 Å². The highest BCUT2D eigenvalue weighted by atomic mass is 16.1. The lowest BCUT2D eigenvalue weighted by molar-refractivity contribution is 0.0954. The molecule has 0 fully saturated rings. The van der Waals surface area contributed by atoms with E-state index >= 15 is 0 Å². The highest BCUT2D eigenvalue weighted by Crippen LogP contribution is 2.14. The Kier molecular flexibility index (Phi) is 5.05. The van der Waals surface area contributed by atoms with Crippen LogP contribution in [-0.4, -0.2) is 27.0 Å². The number of hydrogen-bond acceptors (Lipinski definition) is 4. The molecule has 0 bridgehead atoms. The lowest BCUT2D eigenvalue weighted by Gasteiger charge is -2.08. The van der Waals surface area contributed by atoms with Crippen molar-refractivity contribution in [2.24, 2.45) is 0 Å². The fraction of sp³-hybridized carbons (Fsp3) is 0.263. The number of carbonyl (C=O) groups excluding carboxylic acids is 1. The number of rotatable bonds is 6. The quantitative estimate of drug-likeness (QED) is 0.752. The summed E-state index contributed by atoms with van der Waals surface area (Å²) >= 11 is 0. The van der Waals surface area contributed by atoms with E-state index in [0.717, 1.165) is 30.0 Å². The van der Waals surface area contributed by atoms with Crippen molar-refractivity contribution in [2.45, 2.75) is 26.3 Å². The maximum Gasteiger partial charge on any atom is 0.251 e. The molecule has 0 saturated heterocycles. The fourth-order valence-electron chi connectivity index (χ4n) is 2.74. The van der Waals surface area contributed by atoms with Gasteiger partial charge in [0.25, 0.3) is 5.91 Å². The molecule has 0 unspecified atom stereocenters. The van der Waals surface area contributed by atoms with Gasteiger partial charge in [-0.25, -0.2) is 9.97 Å². The number of amides is 1. The Labute approximate surface area is 146 Å². The second kappa shape index (κ2) is 7.58. The lowest BCUT2D eigenvalue weighted by atomic mass is 10.1. The Morgan fingerprint density at radius 3 is 2.80 bits per heavy atom. The van der Waals surface area contributed by atoms with Crippen LogP contribution in [0.1, 0.15) is 35.1 Å². The number of pyridine rings is 1. The first kappa shape index (κ1) is 16.7. The molecule has 0 saturated carbocycles. The predicted octanol–water partition coefficient (Wildman–Crippen LogP) is 2.69. The largest absolute Gasteiger partial charge is 0.352 e. The molecule has 0 atom stereocenters. The molecular weight excluding hydrogens is 314 g/mol. The van der Waals surface area contributed by atoms with Gasteiger partial charge >= 0.3 is 0 Å². The van der Waals surface area contributed by atoms with E-state index in [1.54, 1.807) is 30.5 Å². The second-order valence-corrected chi connectivity index (χ2v) is 5.72. The van der Waals surface area contributed by atoms with E-state index in [1.807, 2.05) is 18.2 Å². The van der Waals surface area contributed by atoms with Crippen molar-refractivity contribution >= 4 is 17.1 Å². The van der Waals surface area contributed by atoms with Crippen molar-refractivity contribution in [2.75, 3.05) is 6.54 Å². The van der Waals surface area contributed by atoms with Crippen LogP contribution in [0.2, 0.25) is 0 Å². The van der Waals surface area contributed by atoms with Gasteiger partial charge in [-0.2, -0.15) is 5.26 Å². The van der Waals surface area contributed by atoms with E-state index in [9.17, 15) is 4.79 Å². The van der Waals surface area contributed by atoms with Crippen LogP contribution in [0.15, 0.2) is 42.6 Å². The van der Waals surface area contributed by atoms with Crippen LogP contribution in [-0.2, 0) is 13.0 Å². The number of carbonyl (C=O) groups is 1. The minimum atomic E-state index is -0.152. The molecule has 0 aliphatic rings. The first-order valence-corrected chi connectivity index (χ1v) is 8.31. The molecule has 25 heavy (non-hydrogen) atoms. The van der Waals surface area contributed by atoms with Gasteiger partial charge in [-0.15, -0.1) is 0 Å². The first-order chi connectivity index (χ1) is 12.2. The molecule has 1 amide bonds. The van der Waals surface area contributed by atoms with Crippen molar-refractivity contribution in [3.8, 4) is 6.07 Å². The molecule has 0 radical (unpaired) electrons. The van der Waals surface area contributed by atoms with Crippen molar-refractivity contribution < 1.29 is 4.79 Å². The minimum Gasteiger partial charge on any atom is -0.352 e. The molecule has 3 aromatic rings. The molecular formula is C19H19N5O. The van der Waals surface area contributed by atoms with Crippen LogP contribution >= 0.6 is 0 Å². The summed E-state index contributed by atoms with van der Waals surface area (Å²) in [7, 11) is 0. The summed E-state index contributed by atoms with van der Waals surface area (Å²) in [6.07, 6.45) is 3.40. The minimum absolute atomic E-state index is 0.152. The van der Waals surface area contributed by atoms with Gasteiger partial charge in [0, 0.05) is 31.3 Å². The highest BCUT2D eigenvalue weighted by molar-refractivity contribution is 5.94. The Morgan fingerprint density at radius 2 is 2.08 bits per heavy atom. The second-order valence-electron chi connectivity index (χ2n) is 5.72. The smallest absolute Gasteiger partial charge is 0.251 e. The van der Waals surface area contributed by atoms with Crippen LogP contribution < -0.4 is 5.32 Å². The third-order valence-corrected chi connectivity index (χ3v) is 3.94. The van der Waals surface area contributed by atoms with Gasteiger partial charge in [0.2, 0.25) is 0 Å². The van der Waals surface area contributed by atoms with Gasteiger partial charge in [0.1, 0.15) is 11.3 Å². The average molecular weight is 333 g/mol. The molecule has 1 aromatic carbocycles. The zero-order valence-corrected chi connectivity index (χ0v) is 14.1. The summed E-state index contributed by atoms with van der Waals surface area (Å²) < 4.78 is 2.11. The van der Waals surface area contributed by atoms with Gasteiger partial charge in [-0.05, 0) is 42.8 Å². The number of aryl methyl sites for hydroxylation is 1. The molecule has 2 heterocycles. The maximum atomic E-state index is 12.2. The average Bonchev–Trinajstić information content (AvgIpc) is 3.00. The van der Waals surface area contributed by atoms with E-state index in [0.29, 0.717) is 24.1 Å². The summed E-state index contributed by atoms with van der Waals surface area (Å²) in [6.45, 7) is 3.46. The first-order valence-electron chi connectivity index (χ1n) is 8.31. The Balaban J connectivity index is 1.67. The van der Waals surface area contributed by atoms with Gasteiger partial charge in [-0.3, -0.25) is 4.79 Å². The van der Waals surface area contributed by atoms with Crippen LogP contribution in [0.4, 0.5) is 0 Å².